The second-order valence-electron chi connectivity index (χ2n) is 6.99. The molecule has 0 aromatic heterocycles. The molecular weight excluding hydrogens is 249 g/mol. The Morgan fingerprint density at radius 1 is 1.15 bits per heavy atom. The summed E-state index contributed by atoms with van der Waals surface area (Å²) in [6, 6.07) is 7.30. The number of nitrogens with one attached hydrogen (secondary N) is 1. The van der Waals surface area contributed by atoms with Crippen LogP contribution in [-0.2, 0) is 5.41 Å². The number of hydrogen-bond acceptors (Lipinski definition) is 1. The molecule has 0 bridgehead atoms. The summed E-state index contributed by atoms with van der Waals surface area (Å²) in [5.41, 5.74) is 1.95. The molecule has 1 aromatic rings. The molecule has 3 rings (SSSR count). The number of likely N-dealkylation sites (N-methyl/N-ethyl adjacent to an activating group) is 1. The van der Waals surface area contributed by atoms with Crippen LogP contribution in [-0.4, -0.2) is 13.1 Å². The second-order valence-corrected chi connectivity index (χ2v) is 6.99. The number of hydrogen-bond donors (Lipinski definition) is 1. The Labute approximate surface area is 122 Å². The maximum atomic E-state index is 13.6. The van der Waals surface area contributed by atoms with Crippen molar-refractivity contribution in [3.05, 3.63) is 35.6 Å². The van der Waals surface area contributed by atoms with E-state index >= 15 is 0 Å². The molecule has 0 amide bonds. The van der Waals surface area contributed by atoms with Gasteiger partial charge < -0.3 is 5.32 Å². The van der Waals surface area contributed by atoms with E-state index in [1.54, 1.807) is 12.1 Å². The van der Waals surface area contributed by atoms with Crippen LogP contribution in [0.4, 0.5) is 4.39 Å². The molecule has 0 aliphatic heterocycles. The van der Waals surface area contributed by atoms with Crippen molar-refractivity contribution in [3.8, 4) is 0 Å². The lowest BCUT2D eigenvalue weighted by atomic mass is 9.46. The molecule has 2 aliphatic carbocycles. The van der Waals surface area contributed by atoms with E-state index in [0.717, 1.165) is 13.1 Å². The highest BCUT2D eigenvalue weighted by Gasteiger charge is 2.54. The Morgan fingerprint density at radius 2 is 1.90 bits per heavy atom. The third kappa shape index (κ3) is 2.50. The van der Waals surface area contributed by atoms with Crippen LogP contribution in [0, 0.1) is 11.2 Å². The zero-order chi connectivity index (χ0) is 14.1. The molecule has 0 unspecified atom stereocenters. The van der Waals surface area contributed by atoms with Crippen LogP contribution in [0.2, 0.25) is 0 Å². The lowest BCUT2D eigenvalue weighted by molar-refractivity contribution is -0.0126. The van der Waals surface area contributed by atoms with Crippen LogP contribution in [0.1, 0.15) is 57.4 Å². The Bertz CT molecular complexity index is 454. The molecule has 0 atom stereocenters. The molecule has 1 aromatic carbocycles. The zero-order valence-electron chi connectivity index (χ0n) is 12.6. The summed E-state index contributed by atoms with van der Waals surface area (Å²) in [6.45, 7) is 4.13. The van der Waals surface area contributed by atoms with E-state index in [-0.39, 0.29) is 11.2 Å². The fourth-order valence-corrected chi connectivity index (χ4v) is 4.65. The summed E-state index contributed by atoms with van der Waals surface area (Å²) in [7, 11) is 0. The van der Waals surface area contributed by atoms with Crippen molar-refractivity contribution in [1.29, 1.82) is 0 Å². The van der Waals surface area contributed by atoms with Crippen molar-refractivity contribution in [2.45, 2.75) is 57.3 Å². The van der Waals surface area contributed by atoms with Gasteiger partial charge in [0.15, 0.2) is 0 Å². The molecule has 2 heteroatoms. The summed E-state index contributed by atoms with van der Waals surface area (Å²) >= 11 is 0. The molecule has 1 nitrogen and oxygen atoms in total. The minimum atomic E-state index is -0.0945. The largest absolute Gasteiger partial charge is 0.316 e. The predicted molar refractivity (Wildman–Crippen MR) is 81.4 cm³/mol. The van der Waals surface area contributed by atoms with Crippen LogP contribution in [0.3, 0.4) is 0 Å². The highest BCUT2D eigenvalue weighted by atomic mass is 19.1. The van der Waals surface area contributed by atoms with Gasteiger partial charge in [0.25, 0.3) is 0 Å². The maximum absolute atomic E-state index is 13.6. The van der Waals surface area contributed by atoms with Gasteiger partial charge in [0.2, 0.25) is 0 Å². The molecule has 2 fully saturated rings. The third-order valence-corrected chi connectivity index (χ3v) is 5.49. The van der Waals surface area contributed by atoms with Gasteiger partial charge >= 0.3 is 0 Å². The third-order valence-electron chi connectivity index (χ3n) is 5.49. The number of benzene rings is 1. The Balaban J connectivity index is 1.81. The van der Waals surface area contributed by atoms with E-state index in [4.69, 9.17) is 0 Å². The van der Waals surface area contributed by atoms with E-state index in [1.807, 2.05) is 6.07 Å². The molecule has 0 heterocycles. The van der Waals surface area contributed by atoms with Crippen molar-refractivity contribution in [2.24, 2.45) is 5.41 Å². The van der Waals surface area contributed by atoms with Gasteiger partial charge in [0.1, 0.15) is 5.82 Å². The Morgan fingerprint density at radius 3 is 2.55 bits per heavy atom. The Hall–Kier alpha value is -0.890. The molecular formula is C18H26FN. The smallest absolute Gasteiger partial charge is 0.123 e. The first-order chi connectivity index (χ1) is 9.68. The fraction of sp³-hybridized carbons (Fsp3) is 0.667. The lowest BCUT2D eigenvalue weighted by Gasteiger charge is -2.59. The minimum absolute atomic E-state index is 0.0945. The van der Waals surface area contributed by atoms with Gasteiger partial charge in [-0.05, 0) is 55.3 Å². The monoisotopic (exact) mass is 275 g/mol. The fourth-order valence-electron chi connectivity index (χ4n) is 4.65. The van der Waals surface area contributed by atoms with E-state index in [2.05, 4.69) is 18.3 Å². The maximum Gasteiger partial charge on any atom is 0.123 e. The topological polar surface area (TPSA) is 12.0 Å². The molecule has 0 radical (unpaired) electrons. The molecule has 20 heavy (non-hydrogen) atoms. The van der Waals surface area contributed by atoms with Crippen molar-refractivity contribution in [2.75, 3.05) is 13.1 Å². The van der Waals surface area contributed by atoms with Crippen molar-refractivity contribution < 1.29 is 4.39 Å². The first kappa shape index (κ1) is 14.1. The van der Waals surface area contributed by atoms with Crippen molar-refractivity contribution in [1.82, 2.24) is 5.32 Å². The average molecular weight is 275 g/mol. The van der Waals surface area contributed by atoms with Crippen LogP contribution >= 0.6 is 0 Å². The van der Waals surface area contributed by atoms with Crippen molar-refractivity contribution in [3.63, 3.8) is 0 Å². The first-order valence-electron chi connectivity index (χ1n) is 8.15. The normalized spacial score (nSPS) is 23.5. The quantitative estimate of drug-likeness (QED) is 0.858. The lowest BCUT2D eigenvalue weighted by Crippen LogP contribution is -2.55. The van der Waals surface area contributed by atoms with Crippen LogP contribution in [0.25, 0.3) is 0 Å². The standard InChI is InChI=1S/C18H26FN/c1-2-20-14-18(15-7-6-8-16(19)11-15)12-17(13-18)9-4-3-5-10-17/h6-8,11,20H,2-5,9-10,12-14H2,1H3. The van der Waals surface area contributed by atoms with Gasteiger partial charge in [0.05, 0.1) is 0 Å². The zero-order valence-corrected chi connectivity index (χ0v) is 12.6. The van der Waals surface area contributed by atoms with Gasteiger partial charge in [-0.25, -0.2) is 4.39 Å². The van der Waals surface area contributed by atoms with Gasteiger partial charge in [-0.2, -0.15) is 0 Å². The van der Waals surface area contributed by atoms with Crippen LogP contribution < -0.4 is 5.32 Å². The number of halogens is 1. The number of rotatable bonds is 4. The summed E-state index contributed by atoms with van der Waals surface area (Å²) in [5.74, 6) is -0.0945. The van der Waals surface area contributed by atoms with E-state index in [0.29, 0.717) is 5.41 Å². The Kier molecular flexibility index (Phi) is 3.85. The van der Waals surface area contributed by atoms with Gasteiger partial charge in [-0.1, -0.05) is 38.3 Å². The van der Waals surface area contributed by atoms with E-state index in [9.17, 15) is 4.39 Å². The molecule has 0 saturated heterocycles. The van der Waals surface area contributed by atoms with E-state index < -0.39 is 0 Å². The molecule has 1 N–H and O–H groups in total. The SMILES string of the molecule is CCNCC1(c2cccc(F)c2)CC2(CCCCC2)C1. The minimum Gasteiger partial charge on any atom is -0.316 e. The first-order valence-corrected chi connectivity index (χ1v) is 8.15. The molecule has 1 spiro atoms. The van der Waals surface area contributed by atoms with Gasteiger partial charge in [-0.15, -0.1) is 0 Å². The van der Waals surface area contributed by atoms with Crippen LogP contribution in [0.5, 0.6) is 0 Å². The highest BCUT2D eigenvalue weighted by Crippen LogP contribution is 2.61. The van der Waals surface area contributed by atoms with E-state index in [1.165, 1.54) is 50.5 Å². The average Bonchev–Trinajstić information content (AvgIpc) is 2.43. The van der Waals surface area contributed by atoms with Gasteiger partial charge in [-0.3, -0.25) is 0 Å². The summed E-state index contributed by atoms with van der Waals surface area (Å²) in [6.07, 6.45) is 9.45. The van der Waals surface area contributed by atoms with Crippen molar-refractivity contribution >= 4 is 0 Å². The summed E-state index contributed by atoms with van der Waals surface area (Å²) in [4.78, 5) is 0. The summed E-state index contributed by atoms with van der Waals surface area (Å²) in [5, 5.41) is 3.51. The predicted octanol–water partition coefficient (Wildman–Crippen LogP) is 4.42. The molecule has 110 valence electrons. The second kappa shape index (κ2) is 5.48. The van der Waals surface area contributed by atoms with Gasteiger partial charge in [0, 0.05) is 12.0 Å². The summed E-state index contributed by atoms with van der Waals surface area (Å²) < 4.78 is 13.6. The molecule has 2 saturated carbocycles. The van der Waals surface area contributed by atoms with Crippen LogP contribution in [0.15, 0.2) is 24.3 Å². The highest BCUT2D eigenvalue weighted by molar-refractivity contribution is 5.32. The molecule has 2 aliphatic rings.